The highest BCUT2D eigenvalue weighted by Gasteiger charge is 2.26. The summed E-state index contributed by atoms with van der Waals surface area (Å²) in [6.07, 6.45) is 3.81. The van der Waals surface area contributed by atoms with Crippen molar-refractivity contribution in [1.82, 2.24) is 4.90 Å². The molecule has 1 rings (SSSR count). The normalized spacial score (nSPS) is 27.6. The second kappa shape index (κ2) is 6.97. The van der Waals surface area contributed by atoms with Gasteiger partial charge in [-0.15, -0.1) is 0 Å². The highest BCUT2D eigenvalue weighted by atomic mass is 16.5. The molecule has 1 aliphatic rings. The first-order valence-corrected chi connectivity index (χ1v) is 6.60. The van der Waals surface area contributed by atoms with E-state index in [1.165, 1.54) is 12.8 Å². The molecule has 4 nitrogen and oxygen atoms in total. The number of hydrogen-bond acceptors (Lipinski definition) is 3. The minimum Gasteiger partial charge on any atom is -0.380 e. The van der Waals surface area contributed by atoms with Crippen molar-refractivity contribution in [3.8, 4) is 0 Å². The lowest BCUT2D eigenvalue weighted by Crippen LogP contribution is -2.42. The molecular formula is C13H26N2O2. The molecule has 0 aromatic carbocycles. The first kappa shape index (κ1) is 14.5. The Balaban J connectivity index is 2.58. The average molecular weight is 242 g/mol. The van der Waals surface area contributed by atoms with Gasteiger partial charge in [-0.2, -0.15) is 0 Å². The predicted molar refractivity (Wildman–Crippen MR) is 68.7 cm³/mol. The maximum absolute atomic E-state index is 12.2. The van der Waals surface area contributed by atoms with Crippen LogP contribution < -0.4 is 5.73 Å². The van der Waals surface area contributed by atoms with Crippen LogP contribution in [0.15, 0.2) is 0 Å². The molecule has 0 aromatic heterocycles. The van der Waals surface area contributed by atoms with E-state index in [-0.39, 0.29) is 12.0 Å². The van der Waals surface area contributed by atoms with Crippen molar-refractivity contribution in [2.45, 2.75) is 51.7 Å². The van der Waals surface area contributed by atoms with Gasteiger partial charge in [0.25, 0.3) is 0 Å². The molecule has 2 N–H and O–H groups in total. The van der Waals surface area contributed by atoms with Crippen LogP contribution in [0, 0.1) is 5.92 Å². The fourth-order valence-electron chi connectivity index (χ4n) is 2.45. The van der Waals surface area contributed by atoms with Crippen LogP contribution in [0.2, 0.25) is 0 Å². The van der Waals surface area contributed by atoms with Crippen LogP contribution in [0.1, 0.15) is 39.5 Å². The summed E-state index contributed by atoms with van der Waals surface area (Å²) in [5, 5.41) is 0. The Labute approximate surface area is 104 Å². The fraction of sp³-hybridized carbons (Fsp3) is 0.923. The molecule has 0 spiro atoms. The molecule has 0 radical (unpaired) electrons. The first-order valence-electron chi connectivity index (χ1n) is 6.60. The number of ether oxygens (including phenoxy) is 1. The number of carbonyl (C=O) groups is 1. The van der Waals surface area contributed by atoms with Crippen molar-refractivity contribution in [3.05, 3.63) is 0 Å². The van der Waals surface area contributed by atoms with Crippen LogP contribution in [-0.4, -0.2) is 43.2 Å². The summed E-state index contributed by atoms with van der Waals surface area (Å²) in [6, 6.07) is 0.350. The van der Waals surface area contributed by atoms with Crippen molar-refractivity contribution >= 4 is 5.91 Å². The van der Waals surface area contributed by atoms with Gasteiger partial charge in [0.2, 0.25) is 5.91 Å². The molecule has 3 atom stereocenters. The van der Waals surface area contributed by atoms with Crippen molar-refractivity contribution in [2.24, 2.45) is 11.7 Å². The maximum Gasteiger partial charge on any atom is 0.225 e. The van der Waals surface area contributed by atoms with Crippen LogP contribution in [0.3, 0.4) is 0 Å². The summed E-state index contributed by atoms with van der Waals surface area (Å²) < 4.78 is 5.18. The zero-order valence-electron chi connectivity index (χ0n) is 11.3. The van der Waals surface area contributed by atoms with Crippen molar-refractivity contribution in [1.29, 1.82) is 0 Å². The van der Waals surface area contributed by atoms with Gasteiger partial charge in [-0.25, -0.2) is 0 Å². The zero-order valence-corrected chi connectivity index (χ0v) is 11.3. The van der Waals surface area contributed by atoms with Gasteiger partial charge in [0.05, 0.1) is 12.5 Å². The van der Waals surface area contributed by atoms with E-state index < -0.39 is 0 Å². The Morgan fingerprint density at radius 1 is 1.47 bits per heavy atom. The van der Waals surface area contributed by atoms with E-state index in [1.54, 1.807) is 7.11 Å². The summed E-state index contributed by atoms with van der Waals surface area (Å²) >= 11 is 0. The third-order valence-electron chi connectivity index (χ3n) is 3.68. The van der Waals surface area contributed by atoms with Gasteiger partial charge in [-0.05, 0) is 25.7 Å². The number of carbonyl (C=O) groups excluding carboxylic acids is 1. The third kappa shape index (κ3) is 4.28. The third-order valence-corrected chi connectivity index (χ3v) is 3.68. The molecule has 1 heterocycles. The van der Waals surface area contributed by atoms with Crippen LogP contribution in [-0.2, 0) is 9.53 Å². The van der Waals surface area contributed by atoms with E-state index in [0.29, 0.717) is 24.9 Å². The molecule has 3 unspecified atom stereocenters. The number of rotatable bonds is 4. The van der Waals surface area contributed by atoms with E-state index in [0.717, 1.165) is 13.0 Å². The quantitative estimate of drug-likeness (QED) is 0.810. The molecule has 0 bridgehead atoms. The summed E-state index contributed by atoms with van der Waals surface area (Å²) in [5.74, 6) is 0.784. The Kier molecular flexibility index (Phi) is 5.92. The van der Waals surface area contributed by atoms with Gasteiger partial charge in [0.15, 0.2) is 0 Å². The zero-order chi connectivity index (χ0) is 12.8. The SMILES string of the molecule is COC(CN)CC(=O)N1CC(C)CCCC1C. The highest BCUT2D eigenvalue weighted by Crippen LogP contribution is 2.21. The summed E-state index contributed by atoms with van der Waals surface area (Å²) in [6.45, 7) is 5.64. The number of hydrogen-bond donors (Lipinski definition) is 1. The molecular weight excluding hydrogens is 216 g/mol. The molecule has 0 saturated carbocycles. The summed E-state index contributed by atoms with van der Waals surface area (Å²) in [7, 11) is 1.61. The van der Waals surface area contributed by atoms with Gasteiger partial charge in [-0.3, -0.25) is 4.79 Å². The Bertz CT molecular complexity index is 242. The predicted octanol–water partition coefficient (Wildman–Crippen LogP) is 1.39. The molecule has 0 aliphatic carbocycles. The standard InChI is InChI=1S/C13H26N2O2/c1-10-5-4-6-11(2)15(9-10)13(16)7-12(8-14)17-3/h10-12H,4-9,14H2,1-3H3. The van der Waals surface area contributed by atoms with E-state index in [9.17, 15) is 4.79 Å². The number of methoxy groups -OCH3 is 1. The van der Waals surface area contributed by atoms with Gasteiger partial charge >= 0.3 is 0 Å². The van der Waals surface area contributed by atoms with Crippen LogP contribution in [0.25, 0.3) is 0 Å². The van der Waals surface area contributed by atoms with Crippen molar-refractivity contribution in [2.75, 3.05) is 20.2 Å². The molecule has 17 heavy (non-hydrogen) atoms. The molecule has 0 aromatic rings. The second-order valence-electron chi connectivity index (χ2n) is 5.23. The Morgan fingerprint density at radius 2 is 2.18 bits per heavy atom. The lowest BCUT2D eigenvalue weighted by molar-refractivity contribution is -0.136. The number of nitrogens with zero attached hydrogens (tertiary/aromatic N) is 1. The number of amides is 1. The van der Waals surface area contributed by atoms with Crippen molar-refractivity contribution in [3.63, 3.8) is 0 Å². The van der Waals surface area contributed by atoms with Gasteiger partial charge in [0, 0.05) is 26.2 Å². The van der Waals surface area contributed by atoms with Crippen LogP contribution >= 0.6 is 0 Å². The Hall–Kier alpha value is -0.610. The van der Waals surface area contributed by atoms with E-state index in [4.69, 9.17) is 10.5 Å². The van der Waals surface area contributed by atoms with E-state index in [1.807, 2.05) is 4.90 Å². The lowest BCUT2D eigenvalue weighted by atomic mass is 10.1. The molecule has 1 amide bonds. The van der Waals surface area contributed by atoms with Crippen LogP contribution in [0.5, 0.6) is 0 Å². The second-order valence-corrected chi connectivity index (χ2v) is 5.23. The molecule has 4 heteroatoms. The fourth-order valence-corrected chi connectivity index (χ4v) is 2.45. The topological polar surface area (TPSA) is 55.6 Å². The van der Waals surface area contributed by atoms with E-state index in [2.05, 4.69) is 13.8 Å². The molecule has 1 saturated heterocycles. The summed E-state index contributed by atoms with van der Waals surface area (Å²) in [5.41, 5.74) is 5.56. The van der Waals surface area contributed by atoms with E-state index >= 15 is 0 Å². The number of nitrogens with two attached hydrogens (primary N) is 1. The highest BCUT2D eigenvalue weighted by molar-refractivity contribution is 5.77. The molecule has 1 fully saturated rings. The largest absolute Gasteiger partial charge is 0.380 e. The number of likely N-dealkylation sites (tertiary alicyclic amines) is 1. The summed E-state index contributed by atoms with van der Waals surface area (Å²) in [4.78, 5) is 14.2. The minimum absolute atomic E-state index is 0.145. The van der Waals surface area contributed by atoms with Gasteiger partial charge < -0.3 is 15.4 Å². The molecule has 100 valence electrons. The molecule has 1 aliphatic heterocycles. The maximum atomic E-state index is 12.2. The lowest BCUT2D eigenvalue weighted by Gasteiger charge is -2.30. The smallest absolute Gasteiger partial charge is 0.225 e. The van der Waals surface area contributed by atoms with Gasteiger partial charge in [0.1, 0.15) is 0 Å². The van der Waals surface area contributed by atoms with Crippen molar-refractivity contribution < 1.29 is 9.53 Å². The van der Waals surface area contributed by atoms with Gasteiger partial charge in [-0.1, -0.05) is 13.3 Å². The average Bonchev–Trinajstić information content (AvgIpc) is 2.48. The monoisotopic (exact) mass is 242 g/mol. The minimum atomic E-state index is -0.145. The Morgan fingerprint density at radius 3 is 2.76 bits per heavy atom. The van der Waals surface area contributed by atoms with Crippen LogP contribution in [0.4, 0.5) is 0 Å². The first-order chi connectivity index (χ1) is 8.08.